The topological polar surface area (TPSA) is 70.6 Å². The van der Waals surface area contributed by atoms with Crippen molar-refractivity contribution in [2.45, 2.75) is 6.10 Å². The number of hydrogen-bond donors (Lipinski definition) is 3. The summed E-state index contributed by atoms with van der Waals surface area (Å²) in [5, 5.41) is 15.1. The van der Waals surface area contributed by atoms with Crippen LogP contribution in [0.4, 0.5) is 14.9 Å². The molecule has 2 aromatic carbocycles. The number of halogens is 1. The zero-order valence-electron chi connectivity index (χ0n) is 12.0. The number of carbonyl (C=O) groups is 1. The lowest BCUT2D eigenvalue weighted by Crippen LogP contribution is -2.32. The fourth-order valence-corrected chi connectivity index (χ4v) is 1.90. The van der Waals surface area contributed by atoms with Gasteiger partial charge in [0.15, 0.2) is 0 Å². The van der Waals surface area contributed by atoms with E-state index in [1.165, 1.54) is 25.3 Å². The Bertz CT molecular complexity index is 649. The maximum atomic E-state index is 13.1. The molecule has 0 heterocycles. The highest BCUT2D eigenvalue weighted by molar-refractivity contribution is 5.89. The van der Waals surface area contributed by atoms with E-state index in [1.54, 1.807) is 30.3 Å². The second-order valence-corrected chi connectivity index (χ2v) is 4.64. The van der Waals surface area contributed by atoms with Crippen LogP contribution in [0.15, 0.2) is 48.5 Å². The van der Waals surface area contributed by atoms with Gasteiger partial charge in [-0.05, 0) is 29.8 Å². The predicted molar refractivity (Wildman–Crippen MR) is 81.4 cm³/mol. The van der Waals surface area contributed by atoms with E-state index < -0.39 is 18.0 Å². The zero-order valence-corrected chi connectivity index (χ0v) is 12.0. The number of amides is 2. The van der Waals surface area contributed by atoms with Crippen molar-refractivity contribution in [3.8, 4) is 5.75 Å². The van der Waals surface area contributed by atoms with Gasteiger partial charge in [0.25, 0.3) is 0 Å². The molecule has 0 bridgehead atoms. The van der Waals surface area contributed by atoms with Gasteiger partial charge in [-0.3, -0.25) is 0 Å². The van der Waals surface area contributed by atoms with Crippen LogP contribution >= 0.6 is 0 Å². The first-order valence-electron chi connectivity index (χ1n) is 6.71. The number of urea groups is 1. The van der Waals surface area contributed by atoms with Gasteiger partial charge in [0.05, 0.1) is 13.2 Å². The Morgan fingerprint density at radius 2 is 2.05 bits per heavy atom. The number of hydrogen-bond acceptors (Lipinski definition) is 3. The third-order valence-corrected chi connectivity index (χ3v) is 3.02. The molecule has 6 heteroatoms. The largest absolute Gasteiger partial charge is 0.497 e. The van der Waals surface area contributed by atoms with Crippen LogP contribution in [-0.2, 0) is 0 Å². The van der Waals surface area contributed by atoms with E-state index in [2.05, 4.69) is 10.6 Å². The average Bonchev–Trinajstić information content (AvgIpc) is 2.52. The third kappa shape index (κ3) is 4.46. The standard InChI is InChI=1S/C16H17FN2O3/c1-22-14-7-3-6-13(9-14)19-16(21)18-10-15(20)11-4-2-5-12(17)8-11/h2-9,15,20H,10H2,1H3,(H2,18,19,21)/t15-/m0/s1. The van der Waals surface area contributed by atoms with Crippen LogP contribution in [0.1, 0.15) is 11.7 Å². The molecule has 3 N–H and O–H groups in total. The molecule has 0 aromatic heterocycles. The third-order valence-electron chi connectivity index (χ3n) is 3.02. The summed E-state index contributed by atoms with van der Waals surface area (Å²) in [5.74, 6) is 0.190. The first-order chi connectivity index (χ1) is 10.6. The summed E-state index contributed by atoms with van der Waals surface area (Å²) >= 11 is 0. The fraction of sp³-hybridized carbons (Fsp3) is 0.188. The number of benzene rings is 2. The molecule has 2 rings (SSSR count). The number of anilines is 1. The van der Waals surface area contributed by atoms with Crippen molar-refractivity contribution in [1.82, 2.24) is 5.32 Å². The van der Waals surface area contributed by atoms with Crippen molar-refractivity contribution in [1.29, 1.82) is 0 Å². The molecule has 0 saturated carbocycles. The minimum absolute atomic E-state index is 0.0285. The number of aliphatic hydroxyl groups excluding tert-OH is 1. The normalized spacial score (nSPS) is 11.6. The molecule has 0 saturated heterocycles. The van der Waals surface area contributed by atoms with E-state index in [-0.39, 0.29) is 6.54 Å². The maximum Gasteiger partial charge on any atom is 0.319 e. The van der Waals surface area contributed by atoms with Crippen LogP contribution in [0.25, 0.3) is 0 Å². The summed E-state index contributed by atoms with van der Waals surface area (Å²) in [6, 6.07) is 12.0. The van der Waals surface area contributed by atoms with E-state index in [4.69, 9.17) is 4.74 Å². The monoisotopic (exact) mass is 304 g/mol. The minimum atomic E-state index is -0.980. The van der Waals surface area contributed by atoms with Gasteiger partial charge in [0.2, 0.25) is 0 Å². The molecule has 1 atom stereocenters. The van der Waals surface area contributed by atoms with E-state index >= 15 is 0 Å². The van der Waals surface area contributed by atoms with Gasteiger partial charge in [0, 0.05) is 18.3 Å². The van der Waals surface area contributed by atoms with Crippen LogP contribution in [0, 0.1) is 5.82 Å². The van der Waals surface area contributed by atoms with Gasteiger partial charge >= 0.3 is 6.03 Å². The van der Waals surface area contributed by atoms with E-state index in [9.17, 15) is 14.3 Å². The highest BCUT2D eigenvalue weighted by Gasteiger charge is 2.10. The Hall–Kier alpha value is -2.60. The molecule has 2 aromatic rings. The van der Waals surface area contributed by atoms with Crippen LogP contribution < -0.4 is 15.4 Å². The van der Waals surface area contributed by atoms with Crippen molar-refractivity contribution in [3.63, 3.8) is 0 Å². The Morgan fingerprint density at radius 1 is 1.27 bits per heavy atom. The number of nitrogens with one attached hydrogen (secondary N) is 2. The first kappa shape index (κ1) is 15.8. The molecule has 22 heavy (non-hydrogen) atoms. The summed E-state index contributed by atoms with van der Waals surface area (Å²) in [4.78, 5) is 11.8. The Balaban J connectivity index is 1.87. The highest BCUT2D eigenvalue weighted by Crippen LogP contribution is 2.17. The second-order valence-electron chi connectivity index (χ2n) is 4.64. The first-order valence-corrected chi connectivity index (χ1v) is 6.71. The maximum absolute atomic E-state index is 13.1. The molecule has 0 unspecified atom stereocenters. The molecule has 116 valence electrons. The Labute approximate surface area is 127 Å². The number of rotatable bonds is 5. The summed E-state index contributed by atoms with van der Waals surface area (Å²) in [5.41, 5.74) is 0.971. The molecule has 0 radical (unpaired) electrons. The van der Waals surface area contributed by atoms with Gasteiger partial charge in [-0.1, -0.05) is 18.2 Å². The van der Waals surface area contributed by atoms with Crippen LogP contribution in [0.3, 0.4) is 0 Å². The van der Waals surface area contributed by atoms with Crippen LogP contribution in [-0.4, -0.2) is 24.8 Å². The van der Waals surface area contributed by atoms with Crippen molar-refractivity contribution in [2.75, 3.05) is 19.0 Å². The van der Waals surface area contributed by atoms with Gasteiger partial charge in [-0.15, -0.1) is 0 Å². The van der Waals surface area contributed by atoms with E-state index in [0.717, 1.165) is 0 Å². The van der Waals surface area contributed by atoms with Gasteiger partial charge < -0.3 is 20.5 Å². The Morgan fingerprint density at radius 3 is 2.77 bits per heavy atom. The van der Waals surface area contributed by atoms with Gasteiger partial charge in [-0.2, -0.15) is 0 Å². The van der Waals surface area contributed by atoms with E-state index in [0.29, 0.717) is 17.0 Å². The van der Waals surface area contributed by atoms with Crippen molar-refractivity contribution in [2.24, 2.45) is 0 Å². The predicted octanol–water partition coefficient (Wildman–Crippen LogP) is 2.69. The Kier molecular flexibility index (Phi) is 5.32. The van der Waals surface area contributed by atoms with Gasteiger partial charge in [-0.25, -0.2) is 9.18 Å². The summed E-state index contributed by atoms with van der Waals surface area (Å²) in [6.45, 7) is -0.0285. The molecule has 0 fully saturated rings. The SMILES string of the molecule is COc1cccc(NC(=O)NC[C@H](O)c2cccc(F)c2)c1. The molecule has 5 nitrogen and oxygen atoms in total. The smallest absolute Gasteiger partial charge is 0.319 e. The van der Waals surface area contributed by atoms with E-state index in [1.807, 2.05) is 0 Å². The number of methoxy groups -OCH3 is 1. The van der Waals surface area contributed by atoms with Crippen LogP contribution in [0.2, 0.25) is 0 Å². The van der Waals surface area contributed by atoms with Crippen molar-refractivity contribution < 1.29 is 19.0 Å². The lowest BCUT2D eigenvalue weighted by Gasteiger charge is -2.13. The molecule has 0 aliphatic carbocycles. The summed E-state index contributed by atoms with van der Waals surface area (Å²) in [6.07, 6.45) is -0.980. The number of aliphatic hydroxyl groups is 1. The fourth-order valence-electron chi connectivity index (χ4n) is 1.90. The lowest BCUT2D eigenvalue weighted by molar-refractivity contribution is 0.174. The molecule has 0 aliphatic heterocycles. The highest BCUT2D eigenvalue weighted by atomic mass is 19.1. The zero-order chi connectivity index (χ0) is 15.9. The lowest BCUT2D eigenvalue weighted by atomic mass is 10.1. The number of ether oxygens (including phenoxy) is 1. The van der Waals surface area contributed by atoms with Crippen LogP contribution in [0.5, 0.6) is 5.75 Å². The second kappa shape index (κ2) is 7.42. The quantitative estimate of drug-likeness (QED) is 0.795. The molecule has 0 spiro atoms. The molecular formula is C16H17FN2O3. The van der Waals surface area contributed by atoms with Crippen molar-refractivity contribution >= 4 is 11.7 Å². The van der Waals surface area contributed by atoms with Gasteiger partial charge in [0.1, 0.15) is 11.6 Å². The molecule has 2 amide bonds. The van der Waals surface area contributed by atoms with Crippen molar-refractivity contribution in [3.05, 3.63) is 59.9 Å². The average molecular weight is 304 g/mol. The minimum Gasteiger partial charge on any atom is -0.497 e. The summed E-state index contributed by atoms with van der Waals surface area (Å²) in [7, 11) is 1.54. The summed E-state index contributed by atoms with van der Waals surface area (Å²) < 4.78 is 18.1. The molecule has 0 aliphatic rings. The molecular weight excluding hydrogens is 287 g/mol. The number of carbonyl (C=O) groups excluding carboxylic acids is 1.